The Labute approximate surface area is 395 Å². The lowest BCUT2D eigenvalue weighted by Crippen LogP contribution is -2.61. The van der Waals surface area contributed by atoms with Crippen molar-refractivity contribution in [2.45, 2.75) is 248 Å². The van der Waals surface area contributed by atoms with Crippen LogP contribution in [-0.2, 0) is 38.0 Å². The van der Waals surface area contributed by atoms with E-state index >= 15 is 0 Å². The molecular formula is C51H90O15. The van der Waals surface area contributed by atoms with Crippen molar-refractivity contribution in [1.82, 2.24) is 0 Å². The van der Waals surface area contributed by atoms with Gasteiger partial charge in [0.2, 0.25) is 0 Å². The van der Waals surface area contributed by atoms with E-state index in [1.807, 2.05) is 6.08 Å². The Morgan fingerprint density at radius 2 is 0.939 bits per heavy atom. The first kappa shape index (κ1) is 59.8. The van der Waals surface area contributed by atoms with E-state index in [9.17, 15) is 45.3 Å². The third-order valence-corrected chi connectivity index (χ3v) is 12.1. The normalized spacial score (nSPS) is 26.4. The van der Waals surface area contributed by atoms with Crippen LogP contribution in [0.1, 0.15) is 181 Å². The lowest BCUT2D eigenvalue weighted by Gasteiger charge is -2.42. The van der Waals surface area contributed by atoms with Crippen LogP contribution < -0.4 is 0 Å². The fourth-order valence-corrected chi connectivity index (χ4v) is 7.85. The molecule has 15 nitrogen and oxygen atoms in total. The van der Waals surface area contributed by atoms with Gasteiger partial charge in [0, 0.05) is 12.8 Å². The van der Waals surface area contributed by atoms with Gasteiger partial charge in [-0.3, -0.25) is 9.59 Å². The second kappa shape index (κ2) is 38.6. The third-order valence-electron chi connectivity index (χ3n) is 12.1. The first-order chi connectivity index (χ1) is 32.0. The van der Waals surface area contributed by atoms with Crippen molar-refractivity contribution in [3.8, 4) is 0 Å². The van der Waals surface area contributed by atoms with Gasteiger partial charge in [-0.2, -0.15) is 0 Å². The molecule has 0 aromatic carbocycles. The molecule has 0 aromatic rings. The molecule has 2 fully saturated rings. The molecule has 0 spiro atoms. The van der Waals surface area contributed by atoms with Crippen molar-refractivity contribution in [2.24, 2.45) is 0 Å². The van der Waals surface area contributed by atoms with Gasteiger partial charge < -0.3 is 64.2 Å². The lowest BCUT2D eigenvalue weighted by atomic mass is 9.98. The number of hydrogen-bond donors (Lipinski definition) is 7. The van der Waals surface area contributed by atoms with E-state index in [2.05, 4.69) is 44.2 Å². The Hall–Kier alpha value is -2.28. The SMILES string of the molecule is CCCCCCCC/C=C/C/C=C/CCCCC(=O)O[C@H](COC(=O)CC/C=C/CCCCCCCCCCCCC)CO[C@@H]1O[C@H](CO[C@@H]2O[C@H](CO)[C@H](O)C(O)C2O)[C@H](O)C(O)C1O. The second-order valence-electron chi connectivity index (χ2n) is 18.0. The molecule has 0 bridgehead atoms. The monoisotopic (exact) mass is 943 g/mol. The van der Waals surface area contributed by atoms with E-state index in [0.717, 1.165) is 38.5 Å². The summed E-state index contributed by atoms with van der Waals surface area (Å²) in [4.78, 5) is 25.7. The predicted octanol–water partition coefficient (Wildman–Crippen LogP) is 6.93. The highest BCUT2D eigenvalue weighted by Gasteiger charge is 2.47. The van der Waals surface area contributed by atoms with Crippen LogP contribution >= 0.6 is 0 Å². The molecule has 7 N–H and O–H groups in total. The Morgan fingerprint density at radius 1 is 0.485 bits per heavy atom. The summed E-state index contributed by atoms with van der Waals surface area (Å²) in [5, 5.41) is 72.0. The van der Waals surface area contributed by atoms with E-state index in [1.165, 1.54) is 103 Å². The molecule has 0 amide bonds. The number of ether oxygens (including phenoxy) is 6. The Balaban J connectivity index is 1.84. The maximum absolute atomic E-state index is 13.0. The minimum Gasteiger partial charge on any atom is -0.462 e. The first-order valence-corrected chi connectivity index (χ1v) is 25.6. The fraction of sp³-hybridized carbons (Fsp3) is 0.843. The molecule has 11 atom stereocenters. The molecule has 2 heterocycles. The molecule has 15 heteroatoms. The molecule has 0 saturated carbocycles. The van der Waals surface area contributed by atoms with Gasteiger partial charge in [-0.15, -0.1) is 0 Å². The summed E-state index contributed by atoms with van der Waals surface area (Å²) < 4.78 is 33.5. The molecule has 2 saturated heterocycles. The minimum atomic E-state index is -1.77. The zero-order valence-electron chi connectivity index (χ0n) is 40.4. The van der Waals surface area contributed by atoms with Gasteiger partial charge in [0.25, 0.3) is 0 Å². The average Bonchev–Trinajstić information content (AvgIpc) is 3.31. The molecular weight excluding hydrogens is 853 g/mol. The van der Waals surface area contributed by atoms with Gasteiger partial charge in [-0.1, -0.05) is 147 Å². The molecule has 0 radical (unpaired) electrons. The lowest BCUT2D eigenvalue weighted by molar-refractivity contribution is -0.332. The number of esters is 2. The van der Waals surface area contributed by atoms with Crippen LogP contribution in [0.3, 0.4) is 0 Å². The molecule has 4 unspecified atom stereocenters. The number of aliphatic hydroxyl groups excluding tert-OH is 7. The summed E-state index contributed by atoms with van der Waals surface area (Å²) >= 11 is 0. The average molecular weight is 943 g/mol. The fourth-order valence-electron chi connectivity index (χ4n) is 7.85. The van der Waals surface area contributed by atoms with Crippen LogP contribution in [0.5, 0.6) is 0 Å². The number of carbonyl (C=O) groups excluding carboxylic acids is 2. The summed E-state index contributed by atoms with van der Waals surface area (Å²) in [6.45, 7) is 2.51. The molecule has 2 rings (SSSR count). The minimum absolute atomic E-state index is 0.116. The van der Waals surface area contributed by atoms with E-state index < -0.39 is 99.3 Å². The van der Waals surface area contributed by atoms with Crippen molar-refractivity contribution in [3.05, 3.63) is 36.5 Å². The van der Waals surface area contributed by atoms with Gasteiger partial charge >= 0.3 is 11.9 Å². The van der Waals surface area contributed by atoms with Crippen LogP contribution in [0.15, 0.2) is 36.5 Å². The van der Waals surface area contributed by atoms with Gasteiger partial charge in [0.1, 0.15) is 55.4 Å². The zero-order chi connectivity index (χ0) is 48.2. The number of hydrogen-bond acceptors (Lipinski definition) is 15. The molecule has 384 valence electrons. The zero-order valence-corrected chi connectivity index (χ0v) is 40.4. The van der Waals surface area contributed by atoms with Crippen molar-refractivity contribution < 1.29 is 73.8 Å². The summed E-state index contributed by atoms with van der Waals surface area (Å²) in [6.07, 6.45) is 23.3. The van der Waals surface area contributed by atoms with Crippen molar-refractivity contribution >= 4 is 11.9 Å². The quantitative estimate of drug-likeness (QED) is 0.0188. The standard InChI is InChI=1S/C51H90O15/c1-3-5-7-9-11-13-15-17-19-21-23-25-27-29-31-33-42(53)61-36-39(64-43(54)34-32-30-28-26-24-22-20-18-16-14-12-10-8-6-4-2)37-62-50-49(60)47(58)45(56)41(66-50)38-63-51-48(59)46(57)44(55)40(35-52)65-51/h18,20,24,26-27,29,39-41,44-52,55-60H,3-17,19,21-23,25,28,30-38H2,1-2H3/b20-18+,26-24+,29-27+/t39-,40-,41-,44+,45+,46?,47?,48?,49?,50-,51-/m1/s1. The van der Waals surface area contributed by atoms with Crippen molar-refractivity contribution in [2.75, 3.05) is 26.4 Å². The number of unbranched alkanes of at least 4 members (excludes halogenated alkanes) is 19. The van der Waals surface area contributed by atoms with Crippen molar-refractivity contribution in [3.63, 3.8) is 0 Å². The molecule has 2 aliphatic rings. The van der Waals surface area contributed by atoms with Crippen LogP contribution in [0.25, 0.3) is 0 Å². The summed E-state index contributed by atoms with van der Waals surface area (Å²) in [5.41, 5.74) is 0. The Kier molecular flexibility index (Phi) is 35.0. The number of carbonyl (C=O) groups is 2. The predicted molar refractivity (Wildman–Crippen MR) is 252 cm³/mol. The van der Waals surface area contributed by atoms with Crippen LogP contribution in [0.2, 0.25) is 0 Å². The Morgan fingerprint density at radius 3 is 1.48 bits per heavy atom. The largest absolute Gasteiger partial charge is 0.462 e. The van der Waals surface area contributed by atoms with E-state index in [0.29, 0.717) is 12.8 Å². The third kappa shape index (κ3) is 26.5. The molecule has 0 aliphatic carbocycles. The smallest absolute Gasteiger partial charge is 0.306 e. The highest BCUT2D eigenvalue weighted by molar-refractivity contribution is 5.70. The van der Waals surface area contributed by atoms with Gasteiger partial charge in [0.15, 0.2) is 18.7 Å². The highest BCUT2D eigenvalue weighted by Crippen LogP contribution is 2.26. The summed E-state index contributed by atoms with van der Waals surface area (Å²) in [6, 6.07) is 0. The summed E-state index contributed by atoms with van der Waals surface area (Å²) in [7, 11) is 0. The maximum Gasteiger partial charge on any atom is 0.306 e. The molecule has 66 heavy (non-hydrogen) atoms. The van der Waals surface area contributed by atoms with E-state index in [4.69, 9.17) is 28.4 Å². The topological polar surface area (TPSA) is 231 Å². The van der Waals surface area contributed by atoms with Crippen LogP contribution in [0.4, 0.5) is 0 Å². The molecule has 2 aliphatic heterocycles. The second-order valence-corrected chi connectivity index (χ2v) is 18.0. The van der Waals surface area contributed by atoms with Gasteiger partial charge in [-0.25, -0.2) is 0 Å². The highest BCUT2D eigenvalue weighted by atomic mass is 16.7. The Bertz CT molecular complexity index is 1290. The number of rotatable bonds is 39. The molecule has 0 aromatic heterocycles. The maximum atomic E-state index is 13.0. The van der Waals surface area contributed by atoms with Gasteiger partial charge in [-0.05, 0) is 57.8 Å². The number of aliphatic hydroxyl groups is 7. The van der Waals surface area contributed by atoms with Gasteiger partial charge in [0.05, 0.1) is 19.8 Å². The van der Waals surface area contributed by atoms with Crippen LogP contribution in [0, 0.1) is 0 Å². The van der Waals surface area contributed by atoms with Crippen LogP contribution in [-0.4, -0.2) is 142 Å². The van der Waals surface area contributed by atoms with E-state index in [1.54, 1.807) is 0 Å². The summed E-state index contributed by atoms with van der Waals surface area (Å²) in [5.74, 6) is -1.02. The number of allylic oxidation sites excluding steroid dienone is 6. The first-order valence-electron chi connectivity index (χ1n) is 25.6. The van der Waals surface area contributed by atoms with E-state index in [-0.39, 0.29) is 19.4 Å². The van der Waals surface area contributed by atoms with Crippen molar-refractivity contribution in [1.29, 1.82) is 0 Å².